The van der Waals surface area contributed by atoms with Crippen LogP contribution in [0.15, 0.2) is 71.3 Å². The number of rotatable bonds is 5. The van der Waals surface area contributed by atoms with E-state index in [1.807, 2.05) is 36.4 Å². The van der Waals surface area contributed by atoms with E-state index in [0.29, 0.717) is 33.2 Å². The van der Waals surface area contributed by atoms with Gasteiger partial charge in [-0.3, -0.25) is 14.5 Å². The molecule has 3 aromatic carbocycles. The summed E-state index contributed by atoms with van der Waals surface area (Å²) < 4.78 is 11.2. The quantitative estimate of drug-likeness (QED) is 0.434. The predicted octanol–water partition coefficient (Wildman–Crippen LogP) is 4.82. The predicted molar refractivity (Wildman–Crippen MR) is 112 cm³/mol. The van der Waals surface area contributed by atoms with E-state index < -0.39 is 0 Å². The van der Waals surface area contributed by atoms with Crippen molar-refractivity contribution in [3.63, 3.8) is 0 Å². The van der Waals surface area contributed by atoms with Gasteiger partial charge in [-0.2, -0.15) is 0 Å². The molecule has 5 rings (SSSR count). The van der Waals surface area contributed by atoms with Gasteiger partial charge in [0.25, 0.3) is 11.8 Å². The van der Waals surface area contributed by atoms with Crippen molar-refractivity contribution < 1.29 is 18.8 Å². The summed E-state index contributed by atoms with van der Waals surface area (Å²) in [7, 11) is 0. The molecular formula is C23H15ClN2O4. The average molecular weight is 419 g/mol. The van der Waals surface area contributed by atoms with Crippen molar-refractivity contribution >= 4 is 34.4 Å². The minimum absolute atomic E-state index is 0.108. The zero-order chi connectivity index (χ0) is 20.7. The first-order chi connectivity index (χ1) is 14.6. The molecule has 0 saturated carbocycles. The highest BCUT2D eigenvalue weighted by Gasteiger charge is 2.34. The summed E-state index contributed by atoms with van der Waals surface area (Å²) in [4.78, 5) is 26.0. The van der Waals surface area contributed by atoms with Gasteiger partial charge in [0.15, 0.2) is 5.58 Å². The van der Waals surface area contributed by atoms with Gasteiger partial charge in [-0.25, -0.2) is 0 Å². The minimum atomic E-state index is -0.316. The Labute approximate surface area is 176 Å². The topological polar surface area (TPSA) is 72.6 Å². The molecule has 0 saturated heterocycles. The van der Waals surface area contributed by atoms with Crippen LogP contribution in [0.5, 0.6) is 5.75 Å². The van der Waals surface area contributed by atoms with E-state index in [2.05, 4.69) is 5.16 Å². The molecule has 0 radical (unpaired) electrons. The first kappa shape index (κ1) is 18.4. The standard InChI is InChI=1S/C23H15ClN2O4/c24-19-18(11-10-17-20(25-30-21(17)19)14-6-2-1-3-7-14)29-13-12-26-22(27)15-8-4-5-9-16(15)23(26)28/h1-11H,12-13H2. The van der Waals surface area contributed by atoms with Crippen LogP contribution in [0.3, 0.4) is 0 Å². The maximum absolute atomic E-state index is 12.4. The lowest BCUT2D eigenvalue weighted by atomic mass is 10.1. The summed E-state index contributed by atoms with van der Waals surface area (Å²) in [6.07, 6.45) is 0. The zero-order valence-electron chi connectivity index (χ0n) is 15.7. The summed E-state index contributed by atoms with van der Waals surface area (Å²) in [5, 5.41) is 5.21. The van der Waals surface area contributed by atoms with Crippen molar-refractivity contribution in [3.8, 4) is 17.0 Å². The number of halogens is 1. The zero-order valence-corrected chi connectivity index (χ0v) is 16.4. The maximum atomic E-state index is 12.4. The molecule has 0 aliphatic carbocycles. The number of ether oxygens (including phenoxy) is 1. The molecule has 30 heavy (non-hydrogen) atoms. The van der Waals surface area contributed by atoms with E-state index in [0.717, 1.165) is 10.9 Å². The third kappa shape index (κ3) is 2.93. The normalized spacial score (nSPS) is 13.2. The lowest BCUT2D eigenvalue weighted by Gasteiger charge is -2.15. The molecule has 2 amide bonds. The van der Waals surface area contributed by atoms with Gasteiger partial charge in [0.1, 0.15) is 23.1 Å². The number of carbonyl (C=O) groups is 2. The maximum Gasteiger partial charge on any atom is 0.261 e. The van der Waals surface area contributed by atoms with Gasteiger partial charge in [0.05, 0.1) is 23.1 Å². The van der Waals surface area contributed by atoms with Crippen LogP contribution in [-0.2, 0) is 0 Å². The third-order valence-electron chi connectivity index (χ3n) is 5.04. The SMILES string of the molecule is O=C1c2ccccc2C(=O)N1CCOc1ccc2c(-c3ccccc3)noc2c1Cl. The van der Waals surface area contributed by atoms with Gasteiger partial charge in [0, 0.05) is 5.56 Å². The molecule has 148 valence electrons. The van der Waals surface area contributed by atoms with Gasteiger partial charge in [-0.1, -0.05) is 59.2 Å². The lowest BCUT2D eigenvalue weighted by Crippen LogP contribution is -2.33. The molecule has 4 aromatic rings. The van der Waals surface area contributed by atoms with Crippen molar-refractivity contribution in [2.75, 3.05) is 13.2 Å². The molecule has 1 aliphatic rings. The van der Waals surface area contributed by atoms with Crippen molar-refractivity contribution in [2.45, 2.75) is 0 Å². The van der Waals surface area contributed by atoms with Crippen LogP contribution in [0.2, 0.25) is 5.02 Å². The fraction of sp³-hybridized carbons (Fsp3) is 0.0870. The number of hydrogen-bond acceptors (Lipinski definition) is 5. The second-order valence-electron chi connectivity index (χ2n) is 6.81. The first-order valence-electron chi connectivity index (χ1n) is 9.36. The Morgan fingerprint density at radius 1 is 0.900 bits per heavy atom. The van der Waals surface area contributed by atoms with Crippen molar-refractivity contribution in [3.05, 3.63) is 82.9 Å². The highest BCUT2D eigenvalue weighted by Crippen LogP contribution is 2.37. The molecule has 7 heteroatoms. The fourth-order valence-electron chi connectivity index (χ4n) is 3.56. The van der Waals surface area contributed by atoms with E-state index in [-0.39, 0.29) is 25.0 Å². The Balaban J connectivity index is 1.33. The Morgan fingerprint density at radius 2 is 1.57 bits per heavy atom. The van der Waals surface area contributed by atoms with Crippen LogP contribution < -0.4 is 4.74 Å². The molecule has 1 aromatic heterocycles. The molecular weight excluding hydrogens is 404 g/mol. The average Bonchev–Trinajstić information content (AvgIpc) is 3.32. The molecule has 0 bridgehead atoms. The number of fused-ring (bicyclic) bond motifs is 2. The number of amides is 2. The van der Waals surface area contributed by atoms with E-state index >= 15 is 0 Å². The molecule has 0 unspecified atom stereocenters. The summed E-state index contributed by atoms with van der Waals surface area (Å²) in [5.74, 6) is -0.233. The van der Waals surface area contributed by atoms with Crippen LogP contribution in [0.25, 0.3) is 22.2 Å². The van der Waals surface area contributed by atoms with Gasteiger partial charge in [-0.05, 0) is 24.3 Å². The van der Waals surface area contributed by atoms with Crippen molar-refractivity contribution in [1.29, 1.82) is 0 Å². The number of aromatic nitrogens is 1. The van der Waals surface area contributed by atoms with Crippen LogP contribution in [0.1, 0.15) is 20.7 Å². The number of nitrogens with zero attached hydrogens (tertiary/aromatic N) is 2. The molecule has 2 heterocycles. The van der Waals surface area contributed by atoms with E-state index in [4.69, 9.17) is 20.9 Å². The highest BCUT2D eigenvalue weighted by molar-refractivity contribution is 6.36. The van der Waals surface area contributed by atoms with Crippen LogP contribution in [0.4, 0.5) is 0 Å². The fourth-order valence-corrected chi connectivity index (χ4v) is 3.81. The number of imide groups is 1. The lowest BCUT2D eigenvalue weighted by molar-refractivity contribution is 0.0631. The summed E-state index contributed by atoms with van der Waals surface area (Å²) in [5.41, 5.74) is 2.87. The van der Waals surface area contributed by atoms with Crippen molar-refractivity contribution in [1.82, 2.24) is 10.1 Å². The Hall–Kier alpha value is -3.64. The third-order valence-corrected chi connectivity index (χ3v) is 5.40. The number of benzene rings is 3. The Morgan fingerprint density at radius 3 is 2.27 bits per heavy atom. The monoisotopic (exact) mass is 418 g/mol. The van der Waals surface area contributed by atoms with Crippen molar-refractivity contribution in [2.24, 2.45) is 0 Å². The number of hydrogen-bond donors (Lipinski definition) is 0. The van der Waals surface area contributed by atoms with E-state index in [9.17, 15) is 9.59 Å². The summed E-state index contributed by atoms with van der Waals surface area (Å²) in [6, 6.07) is 20.0. The molecule has 0 spiro atoms. The van der Waals surface area contributed by atoms with Gasteiger partial charge < -0.3 is 9.26 Å². The smallest absolute Gasteiger partial charge is 0.261 e. The second kappa shape index (κ2) is 7.31. The number of carbonyl (C=O) groups excluding carboxylic acids is 2. The molecule has 0 atom stereocenters. The Kier molecular flexibility index (Phi) is 4.48. The molecule has 6 nitrogen and oxygen atoms in total. The van der Waals surface area contributed by atoms with E-state index in [1.165, 1.54) is 4.90 Å². The second-order valence-corrected chi connectivity index (χ2v) is 7.19. The minimum Gasteiger partial charge on any atom is -0.490 e. The molecule has 0 N–H and O–H groups in total. The van der Waals surface area contributed by atoms with Gasteiger partial charge in [0.2, 0.25) is 0 Å². The Bertz CT molecular complexity index is 1250. The molecule has 0 fully saturated rings. The van der Waals surface area contributed by atoms with Gasteiger partial charge >= 0.3 is 0 Å². The largest absolute Gasteiger partial charge is 0.490 e. The van der Waals surface area contributed by atoms with Crippen LogP contribution in [-0.4, -0.2) is 35.0 Å². The first-order valence-corrected chi connectivity index (χ1v) is 9.74. The molecule has 1 aliphatic heterocycles. The van der Waals surface area contributed by atoms with Crippen LogP contribution in [0, 0.1) is 0 Å². The van der Waals surface area contributed by atoms with E-state index in [1.54, 1.807) is 30.3 Å². The van der Waals surface area contributed by atoms with Crippen LogP contribution >= 0.6 is 11.6 Å². The highest BCUT2D eigenvalue weighted by atomic mass is 35.5. The van der Waals surface area contributed by atoms with Gasteiger partial charge in [-0.15, -0.1) is 0 Å². The summed E-state index contributed by atoms with van der Waals surface area (Å²) in [6.45, 7) is 0.225. The summed E-state index contributed by atoms with van der Waals surface area (Å²) >= 11 is 6.46.